The molecule has 3 rings (SSSR count). The molecular weight excluding hydrogens is 526 g/mol. The van der Waals surface area contributed by atoms with Gasteiger partial charge >= 0.3 is 0 Å². The fourth-order valence-electron chi connectivity index (χ4n) is 2.52. The normalized spacial score (nSPS) is 10.5. The molecule has 3 aromatic carbocycles. The van der Waals surface area contributed by atoms with E-state index in [0.29, 0.717) is 17.1 Å². The highest BCUT2D eigenvalue weighted by atomic mass is 79.9. The van der Waals surface area contributed by atoms with Crippen LogP contribution >= 0.6 is 31.9 Å². The van der Waals surface area contributed by atoms with Crippen LogP contribution in [-0.2, 0) is 11.4 Å². The van der Waals surface area contributed by atoms with E-state index in [4.69, 9.17) is 14.7 Å². The summed E-state index contributed by atoms with van der Waals surface area (Å²) in [6, 6.07) is 22.1. The SMILES string of the molecule is N#Cc1ccccc1COc1ccc(/C=N/NC(=O)COc2ccc(Br)cc2)cc1Br. The van der Waals surface area contributed by atoms with Crippen molar-refractivity contribution in [3.8, 4) is 17.6 Å². The zero-order chi connectivity index (χ0) is 22.1. The number of ether oxygens (including phenoxy) is 2. The number of benzene rings is 3. The van der Waals surface area contributed by atoms with Crippen molar-refractivity contribution in [2.75, 3.05) is 6.61 Å². The Morgan fingerprint density at radius 2 is 1.84 bits per heavy atom. The summed E-state index contributed by atoms with van der Waals surface area (Å²) in [7, 11) is 0. The lowest BCUT2D eigenvalue weighted by molar-refractivity contribution is -0.123. The monoisotopic (exact) mass is 541 g/mol. The lowest BCUT2D eigenvalue weighted by Crippen LogP contribution is -2.24. The molecule has 0 spiro atoms. The summed E-state index contributed by atoms with van der Waals surface area (Å²) < 4.78 is 12.9. The molecule has 0 heterocycles. The van der Waals surface area contributed by atoms with Crippen LogP contribution in [0, 0.1) is 11.3 Å². The number of hydrogen-bond acceptors (Lipinski definition) is 5. The van der Waals surface area contributed by atoms with E-state index in [1.165, 1.54) is 6.21 Å². The predicted octanol–water partition coefficient (Wildman–Crippen LogP) is 5.19. The van der Waals surface area contributed by atoms with Gasteiger partial charge in [0.05, 0.1) is 22.3 Å². The van der Waals surface area contributed by atoms with Gasteiger partial charge in [0, 0.05) is 10.0 Å². The molecule has 0 aromatic heterocycles. The van der Waals surface area contributed by atoms with Gasteiger partial charge in [-0.25, -0.2) is 5.43 Å². The fraction of sp³-hybridized carbons (Fsp3) is 0.0870. The largest absolute Gasteiger partial charge is 0.488 e. The van der Waals surface area contributed by atoms with Gasteiger partial charge in [-0.05, 0) is 70.0 Å². The number of halogens is 2. The molecule has 1 N–H and O–H groups in total. The summed E-state index contributed by atoms with van der Waals surface area (Å²) in [5, 5.41) is 13.1. The van der Waals surface area contributed by atoms with E-state index < -0.39 is 0 Å². The quantitative estimate of drug-likeness (QED) is 0.313. The first-order valence-electron chi connectivity index (χ1n) is 9.16. The molecule has 31 heavy (non-hydrogen) atoms. The van der Waals surface area contributed by atoms with E-state index >= 15 is 0 Å². The van der Waals surface area contributed by atoms with Crippen molar-refractivity contribution in [1.82, 2.24) is 5.43 Å². The molecule has 0 atom stereocenters. The molecule has 0 fully saturated rings. The summed E-state index contributed by atoms with van der Waals surface area (Å²) in [6.45, 7) is 0.143. The first-order valence-corrected chi connectivity index (χ1v) is 10.7. The van der Waals surface area contributed by atoms with Gasteiger partial charge in [-0.15, -0.1) is 0 Å². The van der Waals surface area contributed by atoms with Crippen molar-refractivity contribution in [2.24, 2.45) is 5.10 Å². The number of carbonyl (C=O) groups excluding carboxylic acids is 1. The maximum atomic E-state index is 11.9. The number of amides is 1. The second kappa shape index (κ2) is 11.3. The van der Waals surface area contributed by atoms with Crippen molar-refractivity contribution in [2.45, 2.75) is 6.61 Å². The van der Waals surface area contributed by atoms with Crippen LogP contribution in [0.25, 0.3) is 0 Å². The molecule has 0 radical (unpaired) electrons. The van der Waals surface area contributed by atoms with Crippen LogP contribution in [0.5, 0.6) is 11.5 Å². The number of nitrogens with one attached hydrogen (secondary N) is 1. The molecule has 0 bridgehead atoms. The predicted molar refractivity (Wildman–Crippen MR) is 125 cm³/mol. The van der Waals surface area contributed by atoms with Gasteiger partial charge in [0.2, 0.25) is 0 Å². The van der Waals surface area contributed by atoms with Crippen LogP contribution in [0.3, 0.4) is 0 Å². The van der Waals surface area contributed by atoms with Crippen LogP contribution in [0.4, 0.5) is 0 Å². The molecule has 6 nitrogen and oxygen atoms in total. The Morgan fingerprint density at radius 3 is 2.58 bits per heavy atom. The second-order valence-electron chi connectivity index (χ2n) is 6.28. The highest BCUT2D eigenvalue weighted by Gasteiger charge is 2.06. The standard InChI is InChI=1S/C23H17Br2N3O3/c24-19-6-8-20(9-7-19)30-15-23(29)28-27-13-16-5-10-22(21(25)11-16)31-14-18-4-2-1-3-17(18)12-26/h1-11,13H,14-15H2,(H,28,29)/b27-13+. The van der Waals surface area contributed by atoms with E-state index in [2.05, 4.69) is 48.5 Å². The molecule has 0 unspecified atom stereocenters. The Hall–Kier alpha value is -3.15. The van der Waals surface area contributed by atoms with Crippen LogP contribution in [0.1, 0.15) is 16.7 Å². The lowest BCUT2D eigenvalue weighted by Gasteiger charge is -2.10. The minimum atomic E-state index is -0.366. The van der Waals surface area contributed by atoms with Gasteiger partial charge in [0.15, 0.2) is 6.61 Å². The summed E-state index contributed by atoms with van der Waals surface area (Å²) in [6.07, 6.45) is 1.52. The number of nitrogens with zero attached hydrogens (tertiary/aromatic N) is 2. The number of hydrazone groups is 1. The smallest absolute Gasteiger partial charge is 0.277 e. The lowest BCUT2D eigenvalue weighted by atomic mass is 10.1. The Labute approximate surface area is 196 Å². The molecular formula is C23H17Br2N3O3. The average molecular weight is 543 g/mol. The third kappa shape index (κ3) is 6.95. The van der Waals surface area contributed by atoms with Gasteiger partial charge in [-0.2, -0.15) is 10.4 Å². The van der Waals surface area contributed by atoms with Gasteiger partial charge in [-0.3, -0.25) is 4.79 Å². The van der Waals surface area contributed by atoms with Crippen LogP contribution in [0.2, 0.25) is 0 Å². The zero-order valence-corrected chi connectivity index (χ0v) is 19.4. The summed E-state index contributed by atoms with van der Waals surface area (Å²) in [5.74, 6) is 0.866. The Morgan fingerprint density at radius 1 is 1.06 bits per heavy atom. The van der Waals surface area contributed by atoms with E-state index in [-0.39, 0.29) is 19.1 Å². The molecule has 0 saturated carbocycles. The maximum Gasteiger partial charge on any atom is 0.277 e. The van der Waals surface area contributed by atoms with Crippen molar-refractivity contribution in [3.63, 3.8) is 0 Å². The molecule has 1 amide bonds. The number of rotatable bonds is 8. The fourth-order valence-corrected chi connectivity index (χ4v) is 3.29. The molecule has 0 aliphatic rings. The molecule has 0 saturated heterocycles. The maximum absolute atomic E-state index is 11.9. The van der Waals surface area contributed by atoms with Gasteiger partial charge < -0.3 is 9.47 Å². The van der Waals surface area contributed by atoms with Crippen LogP contribution in [-0.4, -0.2) is 18.7 Å². The molecule has 156 valence electrons. The highest BCUT2D eigenvalue weighted by Crippen LogP contribution is 2.26. The molecule has 0 aliphatic carbocycles. The summed E-state index contributed by atoms with van der Waals surface area (Å²) >= 11 is 6.81. The third-order valence-corrected chi connectivity index (χ3v) is 5.21. The summed E-state index contributed by atoms with van der Waals surface area (Å²) in [5.41, 5.74) is 4.60. The number of hydrogen-bond donors (Lipinski definition) is 1. The summed E-state index contributed by atoms with van der Waals surface area (Å²) in [4.78, 5) is 11.9. The Balaban J connectivity index is 1.50. The van der Waals surface area contributed by atoms with Gasteiger partial charge in [0.25, 0.3) is 5.91 Å². The molecule has 8 heteroatoms. The molecule has 3 aromatic rings. The van der Waals surface area contributed by atoms with Gasteiger partial charge in [-0.1, -0.05) is 34.1 Å². The van der Waals surface area contributed by atoms with E-state index in [9.17, 15) is 4.79 Å². The number of carbonyl (C=O) groups is 1. The Bertz CT molecular complexity index is 1130. The van der Waals surface area contributed by atoms with Crippen molar-refractivity contribution >= 4 is 44.0 Å². The minimum Gasteiger partial charge on any atom is -0.488 e. The van der Waals surface area contributed by atoms with Crippen molar-refractivity contribution < 1.29 is 14.3 Å². The van der Waals surface area contributed by atoms with Crippen LogP contribution < -0.4 is 14.9 Å². The van der Waals surface area contributed by atoms with E-state index in [1.54, 1.807) is 24.3 Å². The first kappa shape index (κ1) is 22.5. The second-order valence-corrected chi connectivity index (χ2v) is 8.05. The van der Waals surface area contributed by atoms with E-state index in [0.717, 1.165) is 20.1 Å². The zero-order valence-electron chi connectivity index (χ0n) is 16.2. The number of nitriles is 1. The van der Waals surface area contributed by atoms with Crippen molar-refractivity contribution in [1.29, 1.82) is 5.26 Å². The minimum absolute atomic E-state index is 0.139. The van der Waals surface area contributed by atoms with E-state index in [1.807, 2.05) is 42.5 Å². The van der Waals surface area contributed by atoms with Gasteiger partial charge in [0.1, 0.15) is 18.1 Å². The molecule has 0 aliphatic heterocycles. The first-order chi connectivity index (χ1) is 15.0. The third-order valence-electron chi connectivity index (χ3n) is 4.06. The van der Waals surface area contributed by atoms with Crippen LogP contribution in [0.15, 0.2) is 80.8 Å². The average Bonchev–Trinajstić information content (AvgIpc) is 2.78. The highest BCUT2D eigenvalue weighted by molar-refractivity contribution is 9.10. The topological polar surface area (TPSA) is 83.7 Å². The van der Waals surface area contributed by atoms with Crippen molar-refractivity contribution in [3.05, 3.63) is 92.4 Å². The Kier molecular flexibility index (Phi) is 8.21.